The maximum atomic E-state index is 15.0. The Bertz CT molecular complexity index is 1430. The second kappa shape index (κ2) is 12.8. The number of rotatable bonds is 8. The minimum absolute atomic E-state index is 0.0298. The van der Waals surface area contributed by atoms with Crippen molar-refractivity contribution in [1.82, 2.24) is 15.3 Å². The van der Waals surface area contributed by atoms with Crippen molar-refractivity contribution >= 4 is 17.5 Å². The summed E-state index contributed by atoms with van der Waals surface area (Å²) in [4.78, 5) is 23.1. The fraction of sp³-hybridized carbons (Fsp3) is 0.469. The second-order valence-corrected chi connectivity index (χ2v) is 12.9. The maximum Gasteiger partial charge on any atom is 0.407 e. The molecule has 0 bridgehead atoms. The van der Waals surface area contributed by atoms with Gasteiger partial charge in [-0.3, -0.25) is 4.98 Å². The van der Waals surface area contributed by atoms with Crippen molar-refractivity contribution in [3.63, 3.8) is 0 Å². The molecule has 0 spiro atoms. The number of hydrogen-bond acceptors (Lipinski definition) is 7. The van der Waals surface area contributed by atoms with Crippen molar-refractivity contribution in [2.75, 3.05) is 23.3 Å². The lowest BCUT2D eigenvalue weighted by atomic mass is 9.95. The van der Waals surface area contributed by atoms with Crippen LogP contribution in [0.3, 0.4) is 0 Å². The van der Waals surface area contributed by atoms with Crippen LogP contribution in [0, 0.1) is 23.4 Å². The van der Waals surface area contributed by atoms with E-state index in [-0.39, 0.29) is 30.5 Å². The largest absolute Gasteiger partial charge is 0.444 e. The summed E-state index contributed by atoms with van der Waals surface area (Å²) in [6, 6.07) is 6.51. The molecule has 0 unspecified atom stereocenters. The molecule has 11 heteroatoms. The van der Waals surface area contributed by atoms with Gasteiger partial charge in [-0.25, -0.2) is 22.9 Å². The van der Waals surface area contributed by atoms with E-state index in [2.05, 4.69) is 32.4 Å². The number of piperidine rings is 1. The minimum Gasteiger partial charge on any atom is -0.444 e. The molecule has 0 aliphatic carbocycles. The smallest absolute Gasteiger partial charge is 0.407 e. The van der Waals surface area contributed by atoms with Gasteiger partial charge in [0.1, 0.15) is 28.7 Å². The standard InChI is InChI=1S/C32H40F3N5O3/c1-19-11-22(39-30(41)43-31(2,3)4)18-40(17-19)27-9-10-36-16-26(27)37-15-21-7-8-23(33)29(38-21)28-24(34)12-20(13-25(28)35)14-32(5,6)42/h7-10,12-13,16,19,22,37,42H,11,14-15,17-18H2,1-6H3,(H,39,41)/t19-,22+/m1/s1. The first-order chi connectivity index (χ1) is 20.1. The molecule has 2 aromatic heterocycles. The van der Waals surface area contributed by atoms with Gasteiger partial charge >= 0.3 is 6.09 Å². The Morgan fingerprint density at radius 3 is 2.42 bits per heavy atom. The number of nitrogens with zero attached hydrogens (tertiary/aromatic N) is 3. The van der Waals surface area contributed by atoms with E-state index < -0.39 is 46.0 Å². The lowest BCUT2D eigenvalue weighted by molar-refractivity contribution is 0.0495. The van der Waals surface area contributed by atoms with Gasteiger partial charge in [0, 0.05) is 31.7 Å². The molecule has 3 N–H and O–H groups in total. The van der Waals surface area contributed by atoms with Gasteiger partial charge in [0.05, 0.1) is 41.0 Å². The molecule has 1 aliphatic heterocycles. The number of anilines is 2. The molecular weight excluding hydrogens is 559 g/mol. The van der Waals surface area contributed by atoms with Crippen LogP contribution in [0.1, 0.15) is 59.2 Å². The Morgan fingerprint density at radius 2 is 1.77 bits per heavy atom. The van der Waals surface area contributed by atoms with Crippen LogP contribution in [-0.4, -0.2) is 51.5 Å². The van der Waals surface area contributed by atoms with Crippen LogP contribution < -0.4 is 15.5 Å². The number of halogens is 3. The summed E-state index contributed by atoms with van der Waals surface area (Å²) in [5, 5.41) is 16.3. The van der Waals surface area contributed by atoms with Crippen molar-refractivity contribution in [2.24, 2.45) is 5.92 Å². The van der Waals surface area contributed by atoms with E-state index in [0.717, 1.165) is 36.9 Å². The van der Waals surface area contributed by atoms with Gasteiger partial charge in [-0.1, -0.05) is 6.92 Å². The van der Waals surface area contributed by atoms with Crippen LogP contribution in [0.25, 0.3) is 11.3 Å². The molecule has 1 fully saturated rings. The third-order valence-electron chi connectivity index (χ3n) is 6.86. The van der Waals surface area contributed by atoms with Crippen molar-refractivity contribution in [3.8, 4) is 11.3 Å². The van der Waals surface area contributed by atoms with Gasteiger partial charge < -0.3 is 25.4 Å². The summed E-state index contributed by atoms with van der Waals surface area (Å²) < 4.78 is 50.3. The Labute approximate surface area is 250 Å². The van der Waals surface area contributed by atoms with E-state index in [1.54, 1.807) is 12.4 Å². The summed E-state index contributed by atoms with van der Waals surface area (Å²) >= 11 is 0. The number of carbonyl (C=O) groups is 1. The van der Waals surface area contributed by atoms with E-state index >= 15 is 8.78 Å². The molecule has 0 saturated carbocycles. The summed E-state index contributed by atoms with van der Waals surface area (Å²) in [7, 11) is 0. The third-order valence-corrected chi connectivity index (χ3v) is 6.86. The average Bonchev–Trinajstić information content (AvgIpc) is 2.86. The molecule has 1 saturated heterocycles. The van der Waals surface area contributed by atoms with E-state index in [9.17, 15) is 14.3 Å². The molecule has 1 aliphatic rings. The Kier molecular flexibility index (Phi) is 9.54. The van der Waals surface area contributed by atoms with Crippen molar-refractivity contribution < 1.29 is 27.8 Å². The highest BCUT2D eigenvalue weighted by Gasteiger charge is 2.29. The van der Waals surface area contributed by atoms with Crippen LogP contribution in [-0.2, 0) is 17.7 Å². The van der Waals surface area contributed by atoms with Gasteiger partial charge in [0.15, 0.2) is 0 Å². The molecule has 1 amide bonds. The molecule has 8 nitrogen and oxygen atoms in total. The molecular formula is C32H40F3N5O3. The van der Waals surface area contributed by atoms with Crippen molar-refractivity contribution in [2.45, 2.75) is 78.2 Å². The van der Waals surface area contributed by atoms with Crippen molar-refractivity contribution in [3.05, 3.63) is 71.4 Å². The highest BCUT2D eigenvalue weighted by Crippen LogP contribution is 2.32. The molecule has 0 radical (unpaired) electrons. The van der Waals surface area contributed by atoms with E-state index in [1.807, 2.05) is 26.8 Å². The summed E-state index contributed by atoms with van der Waals surface area (Å²) in [6.07, 6.45) is 3.71. The lowest BCUT2D eigenvalue weighted by Crippen LogP contribution is -2.51. The normalized spacial score (nSPS) is 17.5. The van der Waals surface area contributed by atoms with Crippen LogP contribution in [0.15, 0.2) is 42.7 Å². The van der Waals surface area contributed by atoms with Gasteiger partial charge in [0.25, 0.3) is 0 Å². The minimum atomic E-state index is -1.16. The van der Waals surface area contributed by atoms with Crippen LogP contribution in [0.2, 0.25) is 0 Å². The number of benzene rings is 1. The van der Waals surface area contributed by atoms with E-state index in [1.165, 1.54) is 19.9 Å². The molecule has 2 atom stereocenters. The molecule has 1 aromatic carbocycles. The molecule has 4 rings (SSSR count). The fourth-order valence-electron chi connectivity index (χ4n) is 5.32. The monoisotopic (exact) mass is 599 g/mol. The summed E-state index contributed by atoms with van der Waals surface area (Å²) in [5.74, 6) is -2.49. The zero-order chi connectivity index (χ0) is 31.5. The maximum absolute atomic E-state index is 15.0. The quantitative estimate of drug-likeness (QED) is 0.283. The van der Waals surface area contributed by atoms with Gasteiger partial charge in [-0.15, -0.1) is 0 Å². The Balaban J connectivity index is 1.51. The van der Waals surface area contributed by atoms with Crippen LogP contribution in [0.4, 0.5) is 29.3 Å². The second-order valence-electron chi connectivity index (χ2n) is 12.9. The average molecular weight is 600 g/mol. The van der Waals surface area contributed by atoms with Crippen LogP contribution >= 0.6 is 0 Å². The van der Waals surface area contributed by atoms with Gasteiger partial charge in [0.2, 0.25) is 0 Å². The first-order valence-corrected chi connectivity index (χ1v) is 14.4. The number of carbonyl (C=O) groups excluding carboxylic acids is 1. The van der Waals surface area contributed by atoms with Crippen molar-refractivity contribution in [1.29, 1.82) is 0 Å². The number of aliphatic hydroxyl groups is 1. The first-order valence-electron chi connectivity index (χ1n) is 14.4. The first kappa shape index (κ1) is 32.1. The summed E-state index contributed by atoms with van der Waals surface area (Å²) in [6.45, 7) is 12.1. The molecule has 3 aromatic rings. The van der Waals surface area contributed by atoms with E-state index in [0.29, 0.717) is 17.9 Å². The number of nitrogens with one attached hydrogen (secondary N) is 2. The number of hydrogen-bond donors (Lipinski definition) is 3. The Hall–Kier alpha value is -3.86. The number of aromatic nitrogens is 2. The summed E-state index contributed by atoms with van der Waals surface area (Å²) in [5.41, 5.74) is -0.594. The Morgan fingerprint density at radius 1 is 1.07 bits per heavy atom. The SMILES string of the molecule is C[C@@H]1C[C@H](NC(=O)OC(C)(C)C)CN(c2ccncc2NCc2ccc(F)c(-c3c(F)cc(CC(C)(C)O)cc3F)n2)C1. The lowest BCUT2D eigenvalue weighted by Gasteiger charge is -2.39. The molecule has 3 heterocycles. The number of alkyl carbamates (subject to hydrolysis) is 1. The predicted octanol–water partition coefficient (Wildman–Crippen LogP) is 6.23. The highest BCUT2D eigenvalue weighted by molar-refractivity contribution is 5.71. The third kappa shape index (κ3) is 8.82. The predicted molar refractivity (Wildman–Crippen MR) is 160 cm³/mol. The number of pyridine rings is 2. The molecule has 232 valence electrons. The fourth-order valence-corrected chi connectivity index (χ4v) is 5.32. The van der Waals surface area contributed by atoms with E-state index in [4.69, 9.17) is 4.74 Å². The zero-order valence-electron chi connectivity index (χ0n) is 25.5. The van der Waals surface area contributed by atoms with Gasteiger partial charge in [-0.2, -0.15) is 0 Å². The van der Waals surface area contributed by atoms with Gasteiger partial charge in [-0.05, 0) is 82.9 Å². The zero-order valence-corrected chi connectivity index (χ0v) is 25.5. The van der Waals surface area contributed by atoms with Crippen LogP contribution in [0.5, 0.6) is 0 Å². The number of ether oxygens (including phenoxy) is 1. The highest BCUT2D eigenvalue weighted by atomic mass is 19.1. The number of amides is 1. The molecule has 43 heavy (non-hydrogen) atoms. The topological polar surface area (TPSA) is 99.6 Å².